The van der Waals surface area contributed by atoms with Gasteiger partial charge in [-0.1, -0.05) is 51.7 Å². The van der Waals surface area contributed by atoms with Gasteiger partial charge in [-0.3, -0.25) is 4.57 Å². The number of aromatic nitrogens is 3. The largest absolute Gasteiger partial charge is 0.462 e. The molecule has 0 saturated carbocycles. The molecule has 0 radical (unpaired) electrons. The van der Waals surface area contributed by atoms with Gasteiger partial charge in [-0.25, -0.2) is 19.6 Å². The molecule has 0 aliphatic carbocycles. The Morgan fingerprint density at radius 2 is 1.47 bits per heavy atom. The molecule has 8 heteroatoms. The SMILES string of the molecule is CCCCCCCOC(=O)c1c(N)n(-c2ccc(C(=O)OCCC)cc2)c2nc3ccccc3nc12. The number of carbonyl (C=O) groups excluding carboxylic acids is 2. The van der Waals surface area contributed by atoms with Crippen LogP contribution in [0.15, 0.2) is 48.5 Å². The minimum absolute atomic E-state index is 0.192. The number of hydrogen-bond donors (Lipinski definition) is 1. The molecule has 2 aromatic carbocycles. The standard InChI is InChI=1S/C28H32N4O4/c1-3-5-6-7-10-18-36-28(34)23-24-26(31-22-12-9-8-11-21(22)30-24)32(25(23)29)20-15-13-19(14-16-20)27(33)35-17-4-2/h8-9,11-16H,3-7,10,17-18,29H2,1-2H3. The van der Waals surface area contributed by atoms with Crippen LogP contribution in [0.2, 0.25) is 0 Å². The number of nitrogens with two attached hydrogens (primary N) is 1. The topological polar surface area (TPSA) is 109 Å². The first-order chi connectivity index (χ1) is 17.5. The summed E-state index contributed by atoms with van der Waals surface area (Å²) in [6, 6.07) is 14.3. The van der Waals surface area contributed by atoms with Crippen molar-refractivity contribution in [3.63, 3.8) is 0 Å². The van der Waals surface area contributed by atoms with Gasteiger partial charge in [-0.2, -0.15) is 0 Å². The number of rotatable bonds is 11. The lowest BCUT2D eigenvalue weighted by molar-refractivity contribution is 0.0493. The van der Waals surface area contributed by atoms with E-state index in [0.29, 0.717) is 46.7 Å². The molecule has 0 aliphatic heterocycles. The number of hydrogen-bond acceptors (Lipinski definition) is 7. The number of fused-ring (bicyclic) bond motifs is 2. The van der Waals surface area contributed by atoms with Crippen LogP contribution in [0.5, 0.6) is 0 Å². The van der Waals surface area contributed by atoms with Gasteiger partial charge >= 0.3 is 11.9 Å². The summed E-state index contributed by atoms with van der Waals surface area (Å²) in [5, 5.41) is 0. The highest BCUT2D eigenvalue weighted by Crippen LogP contribution is 2.31. The first kappa shape index (κ1) is 25.2. The molecule has 8 nitrogen and oxygen atoms in total. The summed E-state index contributed by atoms with van der Waals surface area (Å²) in [5.74, 6) is -0.712. The van der Waals surface area contributed by atoms with Crippen molar-refractivity contribution in [3.05, 3.63) is 59.7 Å². The van der Waals surface area contributed by atoms with E-state index in [2.05, 4.69) is 6.92 Å². The molecule has 188 valence electrons. The quantitative estimate of drug-likeness (QED) is 0.208. The van der Waals surface area contributed by atoms with E-state index in [1.54, 1.807) is 28.8 Å². The number of unbranched alkanes of at least 4 members (excludes halogenated alkanes) is 4. The van der Waals surface area contributed by atoms with Crippen LogP contribution < -0.4 is 5.73 Å². The highest BCUT2D eigenvalue weighted by Gasteiger charge is 2.26. The molecule has 36 heavy (non-hydrogen) atoms. The van der Waals surface area contributed by atoms with Gasteiger partial charge in [0.2, 0.25) is 0 Å². The highest BCUT2D eigenvalue weighted by molar-refractivity contribution is 6.09. The predicted octanol–water partition coefficient (Wildman–Crippen LogP) is 5.85. The summed E-state index contributed by atoms with van der Waals surface area (Å²) in [4.78, 5) is 34.8. The number of esters is 2. The van der Waals surface area contributed by atoms with Crippen LogP contribution in [0.1, 0.15) is 73.1 Å². The summed E-state index contributed by atoms with van der Waals surface area (Å²) in [6.07, 6.45) is 6.01. The Bertz CT molecular complexity index is 1360. The molecule has 2 heterocycles. The Morgan fingerprint density at radius 3 is 2.17 bits per heavy atom. The van der Waals surface area contributed by atoms with Gasteiger partial charge in [0.05, 0.1) is 29.8 Å². The number of benzene rings is 2. The molecule has 2 aromatic heterocycles. The minimum Gasteiger partial charge on any atom is -0.462 e. The monoisotopic (exact) mass is 488 g/mol. The van der Waals surface area contributed by atoms with Gasteiger partial charge in [0, 0.05) is 5.69 Å². The van der Waals surface area contributed by atoms with E-state index in [-0.39, 0.29) is 17.4 Å². The molecule has 0 unspecified atom stereocenters. The normalized spacial score (nSPS) is 11.2. The first-order valence-corrected chi connectivity index (χ1v) is 12.6. The first-order valence-electron chi connectivity index (χ1n) is 12.6. The van der Waals surface area contributed by atoms with E-state index < -0.39 is 5.97 Å². The van der Waals surface area contributed by atoms with Crippen LogP contribution in [-0.2, 0) is 9.47 Å². The molecule has 0 saturated heterocycles. The Balaban J connectivity index is 1.71. The van der Waals surface area contributed by atoms with Crippen LogP contribution in [0.4, 0.5) is 5.82 Å². The number of nitrogen functional groups attached to an aromatic ring is 1. The van der Waals surface area contributed by atoms with Crippen molar-refractivity contribution in [1.82, 2.24) is 14.5 Å². The molecular formula is C28H32N4O4. The van der Waals surface area contributed by atoms with Crippen LogP contribution in [0, 0.1) is 0 Å². The van der Waals surface area contributed by atoms with E-state index in [4.69, 9.17) is 25.2 Å². The van der Waals surface area contributed by atoms with E-state index >= 15 is 0 Å². The second kappa shape index (κ2) is 11.7. The van der Waals surface area contributed by atoms with Gasteiger partial charge in [0.1, 0.15) is 16.9 Å². The van der Waals surface area contributed by atoms with E-state index in [9.17, 15) is 9.59 Å². The summed E-state index contributed by atoms with van der Waals surface area (Å²) in [7, 11) is 0. The van der Waals surface area contributed by atoms with Crippen molar-refractivity contribution in [1.29, 1.82) is 0 Å². The maximum Gasteiger partial charge on any atom is 0.344 e. The minimum atomic E-state index is -0.518. The molecule has 0 atom stereocenters. The third-order valence-electron chi connectivity index (χ3n) is 5.98. The zero-order valence-corrected chi connectivity index (χ0v) is 20.8. The predicted molar refractivity (Wildman–Crippen MR) is 140 cm³/mol. The fourth-order valence-electron chi connectivity index (χ4n) is 4.09. The summed E-state index contributed by atoms with van der Waals surface area (Å²) < 4.78 is 12.5. The number of anilines is 1. The smallest absolute Gasteiger partial charge is 0.344 e. The number of nitrogens with zero attached hydrogens (tertiary/aromatic N) is 3. The Labute approximate surface area is 210 Å². The van der Waals surface area contributed by atoms with E-state index in [1.807, 2.05) is 31.2 Å². The molecule has 2 N–H and O–H groups in total. The third-order valence-corrected chi connectivity index (χ3v) is 5.98. The Kier molecular flexibility index (Phi) is 8.15. The lowest BCUT2D eigenvalue weighted by atomic mass is 10.2. The van der Waals surface area contributed by atoms with Crippen LogP contribution in [0.25, 0.3) is 27.9 Å². The van der Waals surface area contributed by atoms with Crippen LogP contribution >= 0.6 is 0 Å². The summed E-state index contributed by atoms with van der Waals surface area (Å²) in [6.45, 7) is 4.79. The van der Waals surface area contributed by atoms with Crippen LogP contribution in [-0.4, -0.2) is 39.7 Å². The summed E-state index contributed by atoms with van der Waals surface area (Å²) >= 11 is 0. The molecule has 0 amide bonds. The number of ether oxygens (including phenoxy) is 2. The van der Waals surface area contributed by atoms with Gasteiger partial charge in [-0.15, -0.1) is 0 Å². The van der Waals surface area contributed by atoms with Gasteiger partial charge in [-0.05, 0) is 49.2 Å². The lowest BCUT2D eigenvalue weighted by Gasteiger charge is -2.09. The van der Waals surface area contributed by atoms with Crippen molar-refractivity contribution in [3.8, 4) is 5.69 Å². The van der Waals surface area contributed by atoms with Crippen molar-refractivity contribution in [2.24, 2.45) is 0 Å². The lowest BCUT2D eigenvalue weighted by Crippen LogP contribution is -2.10. The maximum atomic E-state index is 13.1. The van der Waals surface area contributed by atoms with E-state index in [0.717, 1.165) is 32.1 Å². The second-order valence-electron chi connectivity index (χ2n) is 8.71. The zero-order chi connectivity index (χ0) is 25.5. The molecule has 0 aliphatic rings. The zero-order valence-electron chi connectivity index (χ0n) is 20.8. The molecule has 0 spiro atoms. The second-order valence-corrected chi connectivity index (χ2v) is 8.71. The van der Waals surface area contributed by atoms with Crippen LogP contribution in [0.3, 0.4) is 0 Å². The van der Waals surface area contributed by atoms with Gasteiger partial charge in [0.25, 0.3) is 0 Å². The fourth-order valence-corrected chi connectivity index (χ4v) is 4.09. The van der Waals surface area contributed by atoms with Gasteiger partial charge < -0.3 is 15.2 Å². The third kappa shape index (κ3) is 5.32. The molecule has 4 rings (SSSR count). The molecule has 0 bridgehead atoms. The fraction of sp³-hybridized carbons (Fsp3) is 0.357. The average molecular weight is 489 g/mol. The number of para-hydroxylation sites is 2. The highest BCUT2D eigenvalue weighted by atomic mass is 16.5. The van der Waals surface area contributed by atoms with E-state index in [1.165, 1.54) is 6.42 Å². The molecular weight excluding hydrogens is 456 g/mol. The van der Waals surface area contributed by atoms with Crippen molar-refractivity contribution in [2.75, 3.05) is 18.9 Å². The maximum absolute atomic E-state index is 13.1. The van der Waals surface area contributed by atoms with Gasteiger partial charge in [0.15, 0.2) is 5.65 Å². The molecule has 4 aromatic rings. The molecule has 0 fully saturated rings. The summed E-state index contributed by atoms with van der Waals surface area (Å²) in [5.41, 5.74) is 9.98. The van der Waals surface area contributed by atoms with Crippen molar-refractivity contribution in [2.45, 2.75) is 52.4 Å². The average Bonchev–Trinajstić information content (AvgIpc) is 3.18. The van der Waals surface area contributed by atoms with Crippen molar-refractivity contribution < 1.29 is 19.1 Å². The Morgan fingerprint density at radius 1 is 0.806 bits per heavy atom. The van der Waals surface area contributed by atoms with Crippen molar-refractivity contribution >= 4 is 40.0 Å². The number of carbonyl (C=O) groups is 2. The Hall–Kier alpha value is -3.94.